The van der Waals surface area contributed by atoms with Gasteiger partial charge in [-0.2, -0.15) is 0 Å². The molecule has 0 aliphatic carbocycles. The molecule has 24 heavy (non-hydrogen) atoms. The molecule has 0 aliphatic rings. The molecule has 0 spiro atoms. The number of thiocarbonyl (C=S) groups is 1. The minimum Gasteiger partial charge on any atom is -0.362 e. The van der Waals surface area contributed by atoms with Gasteiger partial charge in [0.1, 0.15) is 0 Å². The highest BCUT2D eigenvalue weighted by molar-refractivity contribution is 7.80. The fourth-order valence-corrected chi connectivity index (χ4v) is 3.13. The van der Waals surface area contributed by atoms with Crippen LogP contribution >= 0.6 is 12.2 Å². The molecule has 1 N–H and O–H groups in total. The fraction of sp³-hybridized carbons (Fsp3) is 0.667. The van der Waals surface area contributed by atoms with Crippen molar-refractivity contribution in [2.45, 2.75) is 71.6 Å². The van der Waals surface area contributed by atoms with E-state index < -0.39 is 0 Å². The van der Waals surface area contributed by atoms with Crippen molar-refractivity contribution in [3.05, 3.63) is 35.9 Å². The lowest BCUT2D eigenvalue weighted by molar-refractivity contribution is 0.381. The number of unbranched alkanes of at least 4 members (excludes halogenated alkanes) is 6. The van der Waals surface area contributed by atoms with Crippen molar-refractivity contribution in [2.24, 2.45) is 0 Å². The van der Waals surface area contributed by atoms with Gasteiger partial charge in [0, 0.05) is 19.6 Å². The van der Waals surface area contributed by atoms with Gasteiger partial charge in [0.2, 0.25) is 0 Å². The Labute approximate surface area is 155 Å². The van der Waals surface area contributed by atoms with Crippen LogP contribution in [-0.2, 0) is 6.42 Å². The van der Waals surface area contributed by atoms with Crippen LogP contribution in [0, 0.1) is 0 Å². The Morgan fingerprint density at radius 1 is 0.875 bits per heavy atom. The second kappa shape index (κ2) is 14.3. The van der Waals surface area contributed by atoms with Crippen molar-refractivity contribution in [2.75, 3.05) is 19.6 Å². The molecule has 0 heterocycles. The molecule has 136 valence electrons. The second-order valence-electron chi connectivity index (χ2n) is 6.58. The number of hydrogen-bond donors (Lipinski definition) is 1. The van der Waals surface area contributed by atoms with Crippen LogP contribution in [0.3, 0.4) is 0 Å². The van der Waals surface area contributed by atoms with E-state index in [-0.39, 0.29) is 0 Å². The predicted molar refractivity (Wildman–Crippen MR) is 111 cm³/mol. The molecule has 2 nitrogen and oxygen atoms in total. The molecule has 0 aliphatic heterocycles. The molecule has 0 unspecified atom stereocenters. The standard InChI is InChI=1S/C21H36N2S/c1-3-5-7-12-18-23(19-13-8-6-4-2)21(24)22-17-16-20-14-10-9-11-15-20/h9-11,14-15H,3-8,12-13,16-19H2,1-2H3,(H,22,24). The summed E-state index contributed by atoms with van der Waals surface area (Å²) in [7, 11) is 0. The van der Waals surface area contributed by atoms with Crippen LogP contribution in [0.2, 0.25) is 0 Å². The molecule has 0 amide bonds. The lowest BCUT2D eigenvalue weighted by Gasteiger charge is -2.26. The van der Waals surface area contributed by atoms with Crippen molar-refractivity contribution >= 4 is 17.3 Å². The average Bonchev–Trinajstić information content (AvgIpc) is 2.61. The summed E-state index contributed by atoms with van der Waals surface area (Å²) >= 11 is 5.66. The lowest BCUT2D eigenvalue weighted by Crippen LogP contribution is -2.41. The van der Waals surface area contributed by atoms with E-state index in [1.54, 1.807) is 0 Å². The van der Waals surface area contributed by atoms with Gasteiger partial charge in [0.05, 0.1) is 0 Å². The first kappa shape index (κ1) is 21.0. The first-order chi connectivity index (χ1) is 11.8. The lowest BCUT2D eigenvalue weighted by atomic mass is 10.1. The molecule has 0 radical (unpaired) electrons. The van der Waals surface area contributed by atoms with E-state index in [1.165, 1.54) is 56.9 Å². The number of nitrogens with one attached hydrogen (secondary N) is 1. The predicted octanol–water partition coefficient (Wildman–Crippen LogP) is 5.57. The van der Waals surface area contributed by atoms with E-state index in [4.69, 9.17) is 12.2 Å². The van der Waals surface area contributed by atoms with Gasteiger partial charge in [-0.05, 0) is 37.0 Å². The van der Waals surface area contributed by atoms with Crippen LogP contribution in [0.15, 0.2) is 30.3 Å². The summed E-state index contributed by atoms with van der Waals surface area (Å²) in [4.78, 5) is 2.39. The SMILES string of the molecule is CCCCCCN(CCCCCC)C(=S)NCCc1ccccc1. The van der Waals surface area contributed by atoms with Crippen LogP contribution in [0.25, 0.3) is 0 Å². The smallest absolute Gasteiger partial charge is 0.168 e. The van der Waals surface area contributed by atoms with E-state index in [2.05, 4.69) is 54.4 Å². The van der Waals surface area contributed by atoms with Crippen LogP contribution in [0.1, 0.15) is 70.8 Å². The van der Waals surface area contributed by atoms with Crippen LogP contribution in [0.5, 0.6) is 0 Å². The minimum atomic E-state index is 0.920. The summed E-state index contributed by atoms with van der Waals surface area (Å²) in [5, 5.41) is 4.41. The first-order valence-corrected chi connectivity index (χ1v) is 10.3. The van der Waals surface area contributed by atoms with Gasteiger partial charge in [-0.3, -0.25) is 0 Å². The summed E-state index contributed by atoms with van der Waals surface area (Å²) in [6.45, 7) is 7.65. The molecule has 0 aromatic heterocycles. The first-order valence-electron chi connectivity index (χ1n) is 9.84. The topological polar surface area (TPSA) is 15.3 Å². The zero-order chi connectivity index (χ0) is 17.5. The molecule has 0 atom stereocenters. The molecule has 0 saturated carbocycles. The summed E-state index contributed by atoms with van der Waals surface area (Å²) in [5.74, 6) is 0. The van der Waals surface area contributed by atoms with Crippen molar-refractivity contribution in [1.29, 1.82) is 0 Å². The van der Waals surface area contributed by atoms with Gasteiger partial charge in [-0.25, -0.2) is 0 Å². The molecular formula is C21H36N2S. The zero-order valence-corrected chi connectivity index (χ0v) is 16.5. The third kappa shape index (κ3) is 9.92. The third-order valence-electron chi connectivity index (χ3n) is 4.38. The third-order valence-corrected chi connectivity index (χ3v) is 4.79. The molecule has 3 heteroatoms. The number of rotatable bonds is 13. The molecule has 0 saturated heterocycles. The van der Waals surface area contributed by atoms with Gasteiger partial charge >= 0.3 is 0 Å². The largest absolute Gasteiger partial charge is 0.362 e. The number of nitrogens with zero attached hydrogens (tertiary/aromatic N) is 1. The molecule has 0 bridgehead atoms. The Morgan fingerprint density at radius 2 is 1.46 bits per heavy atom. The maximum Gasteiger partial charge on any atom is 0.168 e. The highest BCUT2D eigenvalue weighted by atomic mass is 32.1. The average molecular weight is 349 g/mol. The van der Waals surface area contributed by atoms with E-state index >= 15 is 0 Å². The van der Waals surface area contributed by atoms with Crippen molar-refractivity contribution < 1.29 is 0 Å². The molecule has 1 aromatic carbocycles. The number of benzene rings is 1. The maximum atomic E-state index is 5.66. The van der Waals surface area contributed by atoms with Crippen LogP contribution < -0.4 is 5.32 Å². The normalized spacial score (nSPS) is 10.6. The van der Waals surface area contributed by atoms with E-state index in [1.807, 2.05) is 0 Å². The summed E-state index contributed by atoms with van der Waals surface area (Å²) in [6, 6.07) is 10.6. The Hall–Kier alpha value is -1.09. The summed E-state index contributed by atoms with van der Waals surface area (Å²) in [6.07, 6.45) is 11.4. The monoisotopic (exact) mass is 348 g/mol. The van der Waals surface area contributed by atoms with Crippen molar-refractivity contribution in [1.82, 2.24) is 10.2 Å². The van der Waals surface area contributed by atoms with Crippen molar-refractivity contribution in [3.8, 4) is 0 Å². The highest BCUT2D eigenvalue weighted by Gasteiger charge is 2.08. The van der Waals surface area contributed by atoms with Crippen LogP contribution in [-0.4, -0.2) is 29.6 Å². The minimum absolute atomic E-state index is 0.920. The Kier molecular flexibility index (Phi) is 12.5. The Morgan fingerprint density at radius 3 is 2.00 bits per heavy atom. The molecule has 1 aromatic rings. The quantitative estimate of drug-likeness (QED) is 0.371. The van der Waals surface area contributed by atoms with Gasteiger partial charge in [0.25, 0.3) is 0 Å². The summed E-state index contributed by atoms with van der Waals surface area (Å²) < 4.78 is 0. The van der Waals surface area contributed by atoms with E-state index in [9.17, 15) is 0 Å². The van der Waals surface area contributed by atoms with Gasteiger partial charge in [0.15, 0.2) is 5.11 Å². The van der Waals surface area contributed by atoms with Gasteiger partial charge < -0.3 is 10.2 Å². The van der Waals surface area contributed by atoms with Gasteiger partial charge in [-0.15, -0.1) is 0 Å². The van der Waals surface area contributed by atoms with Crippen molar-refractivity contribution in [3.63, 3.8) is 0 Å². The number of hydrogen-bond acceptors (Lipinski definition) is 1. The van der Waals surface area contributed by atoms with E-state index in [0.717, 1.165) is 31.2 Å². The van der Waals surface area contributed by atoms with Gasteiger partial charge in [-0.1, -0.05) is 82.7 Å². The second-order valence-corrected chi connectivity index (χ2v) is 6.96. The molecule has 0 fully saturated rings. The van der Waals surface area contributed by atoms with E-state index in [0.29, 0.717) is 0 Å². The molecular weight excluding hydrogens is 312 g/mol. The molecule has 1 rings (SSSR count). The zero-order valence-electron chi connectivity index (χ0n) is 15.7. The Balaban J connectivity index is 2.33. The van der Waals surface area contributed by atoms with Crippen LogP contribution in [0.4, 0.5) is 0 Å². The highest BCUT2D eigenvalue weighted by Crippen LogP contribution is 2.06. The maximum absolute atomic E-state index is 5.66. The fourth-order valence-electron chi connectivity index (χ4n) is 2.84. The summed E-state index contributed by atoms with van der Waals surface area (Å²) in [5.41, 5.74) is 1.37. The Bertz CT molecular complexity index is 407.